The van der Waals surface area contributed by atoms with Crippen LogP contribution in [0.5, 0.6) is 0 Å². The molecule has 102 valence electrons. The van der Waals surface area contributed by atoms with E-state index in [1.807, 2.05) is 13.8 Å². The van der Waals surface area contributed by atoms with E-state index in [2.05, 4.69) is 5.32 Å². The fourth-order valence-electron chi connectivity index (χ4n) is 2.19. The quantitative estimate of drug-likeness (QED) is 0.670. The van der Waals surface area contributed by atoms with E-state index in [1.165, 1.54) is 11.8 Å². The van der Waals surface area contributed by atoms with Gasteiger partial charge in [-0.1, -0.05) is 13.8 Å². The second-order valence-electron chi connectivity index (χ2n) is 4.56. The van der Waals surface area contributed by atoms with Crippen molar-refractivity contribution in [2.45, 2.75) is 58.2 Å². The predicted molar refractivity (Wildman–Crippen MR) is 64.9 cm³/mol. The van der Waals surface area contributed by atoms with Gasteiger partial charge in [-0.25, -0.2) is 0 Å². The van der Waals surface area contributed by atoms with Gasteiger partial charge >= 0.3 is 5.97 Å². The average Bonchev–Trinajstić information content (AvgIpc) is 2.58. The molecule has 0 radical (unpaired) electrons. The Morgan fingerprint density at radius 1 is 1.44 bits per heavy atom. The molecule has 1 aliphatic rings. The van der Waals surface area contributed by atoms with Crippen molar-refractivity contribution in [3.8, 4) is 0 Å². The van der Waals surface area contributed by atoms with Gasteiger partial charge in [-0.05, 0) is 19.8 Å². The van der Waals surface area contributed by atoms with Gasteiger partial charge in [0.1, 0.15) is 6.04 Å². The number of likely N-dealkylation sites (tertiary alicyclic amines) is 1. The molecule has 0 saturated carbocycles. The first-order valence-electron chi connectivity index (χ1n) is 6.27. The van der Waals surface area contributed by atoms with Gasteiger partial charge in [-0.2, -0.15) is 0 Å². The van der Waals surface area contributed by atoms with Crippen LogP contribution in [0.2, 0.25) is 0 Å². The normalized spacial score (nSPS) is 21.8. The Morgan fingerprint density at radius 2 is 2.00 bits per heavy atom. The molecule has 2 N–H and O–H groups in total. The van der Waals surface area contributed by atoms with Crippen molar-refractivity contribution in [2.24, 2.45) is 0 Å². The number of hydrogen-bond acceptors (Lipinski definition) is 4. The van der Waals surface area contributed by atoms with Crippen molar-refractivity contribution in [1.82, 2.24) is 10.2 Å². The van der Waals surface area contributed by atoms with Crippen molar-refractivity contribution < 1.29 is 19.5 Å². The molecule has 18 heavy (non-hydrogen) atoms. The zero-order valence-corrected chi connectivity index (χ0v) is 11.0. The Morgan fingerprint density at radius 3 is 2.44 bits per heavy atom. The van der Waals surface area contributed by atoms with E-state index in [0.717, 1.165) is 12.8 Å². The minimum atomic E-state index is -1.03. The number of aliphatic carboxylic acids is 1. The molecule has 1 heterocycles. The number of nitrogens with one attached hydrogen (secondary N) is 1. The molecule has 0 aromatic heterocycles. The van der Waals surface area contributed by atoms with Gasteiger partial charge in [0.15, 0.2) is 0 Å². The molecule has 0 bridgehead atoms. The van der Waals surface area contributed by atoms with Crippen LogP contribution >= 0.6 is 0 Å². The van der Waals surface area contributed by atoms with Crippen molar-refractivity contribution in [3.63, 3.8) is 0 Å². The van der Waals surface area contributed by atoms with E-state index < -0.39 is 18.1 Å². The summed E-state index contributed by atoms with van der Waals surface area (Å²) >= 11 is 0. The molecule has 0 spiro atoms. The van der Waals surface area contributed by atoms with Crippen molar-refractivity contribution >= 4 is 17.8 Å². The number of carboxylic acids is 1. The first kappa shape index (κ1) is 14.6. The summed E-state index contributed by atoms with van der Waals surface area (Å²) in [6, 6.07) is -1.63. The molecule has 2 atom stereocenters. The molecule has 0 aromatic rings. The fourth-order valence-corrected chi connectivity index (χ4v) is 2.19. The summed E-state index contributed by atoms with van der Waals surface area (Å²) in [5, 5.41) is 11.5. The maximum atomic E-state index is 12.1. The van der Waals surface area contributed by atoms with Crippen LogP contribution < -0.4 is 5.32 Å². The number of rotatable bonds is 6. The van der Waals surface area contributed by atoms with E-state index in [4.69, 9.17) is 5.11 Å². The van der Waals surface area contributed by atoms with E-state index in [0.29, 0.717) is 0 Å². The van der Waals surface area contributed by atoms with Crippen LogP contribution in [0.3, 0.4) is 0 Å². The maximum absolute atomic E-state index is 12.1. The molecule has 0 aliphatic carbocycles. The minimum Gasteiger partial charge on any atom is -0.480 e. The lowest BCUT2D eigenvalue weighted by Crippen LogP contribution is -2.47. The summed E-state index contributed by atoms with van der Waals surface area (Å²) in [6.45, 7) is 5.31. The maximum Gasteiger partial charge on any atom is 0.320 e. The standard InChI is InChI=1S/C12H20N2O4/c1-4-8(5-2)14-10(15)6-9(11(14)16)13-7(3)12(17)18/h7-9,13H,4-6H2,1-3H3,(H,17,18)/t7-,9?/m1/s1. The number of hydrogen-bond donors (Lipinski definition) is 2. The van der Waals surface area contributed by atoms with E-state index in [9.17, 15) is 14.4 Å². The lowest BCUT2D eigenvalue weighted by Gasteiger charge is -2.24. The Kier molecular flexibility index (Phi) is 4.84. The molecule has 1 rings (SSSR count). The molecule has 1 unspecified atom stereocenters. The van der Waals surface area contributed by atoms with Crippen LogP contribution in [0.4, 0.5) is 0 Å². The Balaban J connectivity index is 2.75. The molecule has 6 nitrogen and oxygen atoms in total. The second-order valence-corrected chi connectivity index (χ2v) is 4.56. The zero-order valence-electron chi connectivity index (χ0n) is 11.0. The molecule has 6 heteroatoms. The summed E-state index contributed by atoms with van der Waals surface area (Å²) in [5.41, 5.74) is 0. The Bertz CT molecular complexity index is 352. The Hall–Kier alpha value is -1.43. The first-order valence-corrected chi connectivity index (χ1v) is 6.27. The second kappa shape index (κ2) is 5.95. The lowest BCUT2D eigenvalue weighted by atomic mass is 10.1. The van der Waals surface area contributed by atoms with Gasteiger partial charge in [0.25, 0.3) is 0 Å². The first-order chi connectivity index (χ1) is 8.42. The van der Waals surface area contributed by atoms with Crippen LogP contribution in [0.1, 0.15) is 40.0 Å². The smallest absolute Gasteiger partial charge is 0.320 e. The number of imide groups is 1. The fraction of sp³-hybridized carbons (Fsp3) is 0.750. The number of amides is 2. The molecule has 1 aliphatic heterocycles. The summed E-state index contributed by atoms with van der Waals surface area (Å²) in [7, 11) is 0. The van der Waals surface area contributed by atoms with Gasteiger partial charge in [-0.15, -0.1) is 0 Å². The third-order valence-electron chi connectivity index (χ3n) is 3.31. The van der Waals surface area contributed by atoms with Crippen LogP contribution in [-0.2, 0) is 14.4 Å². The van der Waals surface area contributed by atoms with Crippen LogP contribution in [-0.4, -0.2) is 45.9 Å². The summed E-state index contributed by atoms with van der Waals surface area (Å²) in [5.74, 6) is -1.55. The van der Waals surface area contributed by atoms with Crippen LogP contribution in [0.25, 0.3) is 0 Å². The topological polar surface area (TPSA) is 86.7 Å². The summed E-state index contributed by atoms with van der Waals surface area (Å²) < 4.78 is 0. The highest BCUT2D eigenvalue weighted by Gasteiger charge is 2.42. The molecule has 1 saturated heterocycles. The van der Waals surface area contributed by atoms with Gasteiger partial charge < -0.3 is 5.11 Å². The number of carboxylic acid groups (broad SMARTS) is 1. The number of nitrogens with zero attached hydrogens (tertiary/aromatic N) is 1. The molecule has 2 amide bonds. The van der Waals surface area contributed by atoms with Crippen LogP contribution in [0.15, 0.2) is 0 Å². The predicted octanol–water partition coefficient (Wildman–Crippen LogP) is 0.365. The Labute approximate surface area is 106 Å². The average molecular weight is 256 g/mol. The highest BCUT2D eigenvalue weighted by atomic mass is 16.4. The van der Waals surface area contributed by atoms with Crippen molar-refractivity contribution in [1.29, 1.82) is 0 Å². The third-order valence-corrected chi connectivity index (χ3v) is 3.31. The SMILES string of the molecule is CCC(CC)N1C(=O)CC(N[C@H](C)C(=O)O)C1=O. The van der Waals surface area contributed by atoms with E-state index in [1.54, 1.807) is 0 Å². The van der Waals surface area contributed by atoms with Crippen molar-refractivity contribution in [2.75, 3.05) is 0 Å². The van der Waals surface area contributed by atoms with Gasteiger partial charge in [0.2, 0.25) is 11.8 Å². The highest BCUT2D eigenvalue weighted by molar-refractivity contribution is 6.06. The minimum absolute atomic E-state index is 0.0486. The number of carbonyl (C=O) groups excluding carboxylic acids is 2. The summed E-state index contributed by atoms with van der Waals surface area (Å²) in [6.07, 6.45) is 1.48. The van der Waals surface area contributed by atoms with Gasteiger partial charge in [0.05, 0.1) is 12.5 Å². The zero-order chi connectivity index (χ0) is 13.9. The van der Waals surface area contributed by atoms with Gasteiger partial charge in [-0.3, -0.25) is 24.6 Å². The van der Waals surface area contributed by atoms with Gasteiger partial charge in [0, 0.05) is 6.04 Å². The van der Waals surface area contributed by atoms with E-state index >= 15 is 0 Å². The van der Waals surface area contributed by atoms with Crippen LogP contribution in [0, 0.1) is 0 Å². The molecule has 0 aromatic carbocycles. The largest absolute Gasteiger partial charge is 0.480 e. The number of carbonyl (C=O) groups is 3. The molecular formula is C12H20N2O4. The summed E-state index contributed by atoms with van der Waals surface area (Å²) in [4.78, 5) is 35.9. The highest BCUT2D eigenvalue weighted by Crippen LogP contribution is 2.20. The molecular weight excluding hydrogens is 236 g/mol. The monoisotopic (exact) mass is 256 g/mol. The van der Waals surface area contributed by atoms with Crippen molar-refractivity contribution in [3.05, 3.63) is 0 Å². The molecule has 1 fully saturated rings. The lowest BCUT2D eigenvalue weighted by molar-refractivity contribution is -0.141. The van der Waals surface area contributed by atoms with E-state index in [-0.39, 0.29) is 24.3 Å². The third kappa shape index (κ3) is 2.87.